The highest BCUT2D eigenvalue weighted by Crippen LogP contribution is 2.34. The number of esters is 2. The topological polar surface area (TPSA) is 357 Å². The van der Waals surface area contributed by atoms with Crippen molar-refractivity contribution in [2.45, 2.75) is 357 Å². The Balaban J connectivity index is 1.39. The van der Waals surface area contributed by atoms with E-state index < -0.39 is 122 Å². The zero-order chi connectivity index (χ0) is 69.5. The molecular weight excluding hydrogens is 1250 g/mol. The molecule has 0 aromatic heterocycles. The average molecular weight is 1380 g/mol. The third-order valence-corrected chi connectivity index (χ3v) is 18.6. The standard InChI is InChI=1S/C70H128N2O22S/c1-4-6-8-10-12-14-16-18-20-22-24-28-32-36-40-44-58(76)87-51-54(52-88-59(77)45-41-37-33-29-25-23-21-19-17-15-13-11-9-7-5-2)90-70(83)71-46-42-38-34-30-26-27-31-35-39-43-47-72-48-56(75)66(93-68-63(81)62(80)60(78)53(3)89-68)65(55(72)49-73)92-69-64(82)67(94-95(84,85)86)61(79)57(50-74)91-69/h18-21,53-57,60-69,73-75,78-82H,4-17,22-52H2,1-3H3,(H,71,83)(H,84,85,86)/b20-18-,21-19-/t53-,55+,56-,57+,60+,61-,62+,63-,64+,65+,66+,67-,68-,69-/m0/s1. The third-order valence-electron chi connectivity index (χ3n) is 18.2. The minimum Gasteiger partial charge on any atom is -0.462 e. The Morgan fingerprint density at radius 3 is 1.41 bits per heavy atom. The van der Waals surface area contributed by atoms with Crippen LogP contribution in [0.5, 0.6) is 0 Å². The van der Waals surface area contributed by atoms with Gasteiger partial charge in [0.15, 0.2) is 18.7 Å². The lowest BCUT2D eigenvalue weighted by Crippen LogP contribution is -2.68. The van der Waals surface area contributed by atoms with Crippen LogP contribution in [0, 0.1) is 0 Å². The molecule has 10 N–H and O–H groups in total. The number of hydrogen-bond acceptors (Lipinski definition) is 22. The van der Waals surface area contributed by atoms with Gasteiger partial charge < -0.3 is 79.3 Å². The van der Waals surface area contributed by atoms with Gasteiger partial charge in [-0.3, -0.25) is 19.0 Å². The van der Waals surface area contributed by atoms with Crippen LogP contribution in [0.15, 0.2) is 24.3 Å². The Morgan fingerprint density at radius 1 is 0.516 bits per heavy atom. The molecule has 0 aromatic rings. The van der Waals surface area contributed by atoms with Gasteiger partial charge in [0.05, 0.1) is 31.5 Å². The van der Waals surface area contributed by atoms with Crippen molar-refractivity contribution in [3.05, 3.63) is 24.3 Å². The smallest absolute Gasteiger partial charge is 0.407 e. The molecular formula is C70H128N2O22S. The van der Waals surface area contributed by atoms with Crippen LogP contribution >= 0.6 is 0 Å². The van der Waals surface area contributed by atoms with Crippen molar-refractivity contribution < 1.29 is 106 Å². The summed E-state index contributed by atoms with van der Waals surface area (Å²) < 4.78 is 77.4. The molecule has 0 bridgehead atoms. The Bertz CT molecular complexity index is 2080. The molecule has 0 unspecified atom stereocenters. The molecule has 1 amide bonds. The molecule has 0 aliphatic carbocycles. The molecule has 0 radical (unpaired) electrons. The number of ether oxygens (including phenoxy) is 7. The number of alkyl carbamates (subject to hydrolysis) is 1. The molecule has 24 nitrogen and oxygen atoms in total. The normalized spacial score (nSPS) is 26.0. The number of amides is 1. The van der Waals surface area contributed by atoms with Gasteiger partial charge in [-0.25, -0.2) is 8.98 Å². The van der Waals surface area contributed by atoms with E-state index in [-0.39, 0.29) is 44.5 Å². The highest BCUT2D eigenvalue weighted by Gasteiger charge is 2.54. The lowest BCUT2D eigenvalue weighted by molar-refractivity contribution is -0.354. The van der Waals surface area contributed by atoms with E-state index >= 15 is 0 Å². The first-order valence-corrected chi connectivity index (χ1v) is 38.1. The van der Waals surface area contributed by atoms with Gasteiger partial charge in [-0.15, -0.1) is 0 Å². The van der Waals surface area contributed by atoms with Gasteiger partial charge in [-0.1, -0.05) is 192 Å². The van der Waals surface area contributed by atoms with E-state index in [1.807, 2.05) is 0 Å². The molecule has 0 aromatic carbocycles. The number of unbranched alkanes of at least 4 members (excludes halogenated alkanes) is 31. The zero-order valence-corrected chi connectivity index (χ0v) is 58.8. The van der Waals surface area contributed by atoms with Gasteiger partial charge >= 0.3 is 28.4 Å². The number of piperidine rings is 1. The van der Waals surface area contributed by atoms with E-state index in [9.17, 15) is 68.2 Å². The fourth-order valence-electron chi connectivity index (χ4n) is 12.3. The number of rotatable bonds is 56. The number of aliphatic hydroxyl groups excluding tert-OH is 8. The molecule has 3 aliphatic heterocycles. The Hall–Kier alpha value is -2.96. The van der Waals surface area contributed by atoms with Gasteiger partial charge in [-0.05, 0) is 90.5 Å². The summed E-state index contributed by atoms with van der Waals surface area (Å²) in [4.78, 5) is 40.2. The first kappa shape index (κ1) is 86.3. The fourth-order valence-corrected chi connectivity index (χ4v) is 12.9. The number of nitrogens with zero attached hydrogens (tertiary/aromatic N) is 1. The van der Waals surface area contributed by atoms with Crippen molar-refractivity contribution in [2.75, 3.05) is 46.1 Å². The summed E-state index contributed by atoms with van der Waals surface area (Å²) in [7, 11) is -5.26. The van der Waals surface area contributed by atoms with E-state index in [1.54, 1.807) is 4.90 Å². The van der Waals surface area contributed by atoms with Crippen molar-refractivity contribution in [1.82, 2.24) is 10.2 Å². The number of hydrogen-bond donors (Lipinski definition) is 10. The van der Waals surface area contributed by atoms with Crippen molar-refractivity contribution in [2.24, 2.45) is 0 Å². The molecule has 3 fully saturated rings. The van der Waals surface area contributed by atoms with Crippen LogP contribution in [0.2, 0.25) is 0 Å². The van der Waals surface area contributed by atoms with Crippen molar-refractivity contribution in [3.63, 3.8) is 0 Å². The maximum atomic E-state index is 13.0. The molecule has 3 heterocycles. The summed E-state index contributed by atoms with van der Waals surface area (Å²) in [6.45, 7) is 4.60. The molecule has 95 heavy (non-hydrogen) atoms. The summed E-state index contributed by atoms with van der Waals surface area (Å²) >= 11 is 0. The van der Waals surface area contributed by atoms with Gasteiger partial charge in [-0.2, -0.15) is 8.42 Å². The molecule has 556 valence electrons. The number of likely N-dealkylation sites (tertiary alicyclic amines) is 1. The van der Waals surface area contributed by atoms with E-state index in [0.717, 1.165) is 135 Å². The van der Waals surface area contributed by atoms with Gasteiger partial charge in [0.2, 0.25) is 0 Å². The SMILES string of the molecule is CCCCCCCC/C=C\CCCCCCCC(=O)OCC(COC(=O)CCCCCCC/C=C\CCCCCCCC)OC(=O)NCCCCCCCCCCCCN1C[C@H](O)[C@@H](O[C@@H]2O[C@@H](C)[C@@H](O)[C@@H](O)[C@@H]2O)[C@H](O[C@@H]2O[C@H](CO)[C@H](O)[C@H](OS(=O)(=O)O)[C@H]2O)[C@H]1CO. The van der Waals surface area contributed by atoms with Crippen LogP contribution < -0.4 is 5.32 Å². The predicted octanol–water partition coefficient (Wildman–Crippen LogP) is 9.41. The van der Waals surface area contributed by atoms with Crippen molar-refractivity contribution in [3.8, 4) is 0 Å². The van der Waals surface area contributed by atoms with Crippen LogP contribution in [-0.4, -0.2) is 215 Å². The summed E-state index contributed by atoms with van der Waals surface area (Å²) in [6, 6.07) is -1.01. The van der Waals surface area contributed by atoms with Crippen LogP contribution in [0.25, 0.3) is 0 Å². The van der Waals surface area contributed by atoms with Crippen molar-refractivity contribution in [1.29, 1.82) is 0 Å². The maximum absolute atomic E-state index is 13.0. The van der Waals surface area contributed by atoms with Gasteiger partial charge in [0.1, 0.15) is 68.1 Å². The average Bonchev–Trinajstić information content (AvgIpc) is 0.780. The first-order valence-electron chi connectivity index (χ1n) is 36.7. The second-order valence-corrected chi connectivity index (χ2v) is 27.5. The number of carbonyl (C=O) groups is 3. The molecule has 0 saturated carbocycles. The zero-order valence-electron chi connectivity index (χ0n) is 58.0. The fraction of sp³-hybridized carbons (Fsp3) is 0.900. The maximum Gasteiger partial charge on any atom is 0.407 e. The summed E-state index contributed by atoms with van der Waals surface area (Å²) in [5, 5.41) is 88.5. The number of aliphatic hydroxyl groups is 8. The highest BCUT2D eigenvalue weighted by atomic mass is 32.3. The second-order valence-electron chi connectivity index (χ2n) is 26.4. The van der Waals surface area contributed by atoms with Crippen molar-refractivity contribution >= 4 is 28.4 Å². The lowest BCUT2D eigenvalue weighted by atomic mass is 9.92. The highest BCUT2D eigenvalue weighted by molar-refractivity contribution is 7.80. The summed E-state index contributed by atoms with van der Waals surface area (Å²) in [6.07, 6.45) is 25.2. The predicted molar refractivity (Wildman–Crippen MR) is 360 cm³/mol. The quantitative estimate of drug-likeness (QED) is 0.00890. The molecule has 3 aliphatic rings. The van der Waals surface area contributed by atoms with Crippen LogP contribution in [0.1, 0.15) is 265 Å². The minimum atomic E-state index is -5.26. The number of β-amino-alcohol motifs (C(OH)–C–C–N with tert-alkyl or cyclic N) is 1. The van der Waals surface area contributed by atoms with E-state index in [2.05, 4.69) is 47.7 Å². The van der Waals surface area contributed by atoms with Crippen LogP contribution in [-0.2, 0) is 57.3 Å². The molecule has 14 atom stereocenters. The number of carbonyl (C=O) groups excluding carboxylic acids is 3. The second kappa shape index (κ2) is 53.0. The monoisotopic (exact) mass is 1380 g/mol. The molecule has 0 spiro atoms. The van der Waals surface area contributed by atoms with Gasteiger partial charge in [0.25, 0.3) is 0 Å². The number of nitrogens with one attached hydrogen (secondary N) is 1. The Kier molecular flexibility index (Phi) is 48.1. The van der Waals surface area contributed by atoms with E-state index in [1.165, 1.54) is 84.0 Å². The minimum absolute atomic E-state index is 0.0810. The Morgan fingerprint density at radius 2 is 0.947 bits per heavy atom. The van der Waals surface area contributed by atoms with E-state index in [0.29, 0.717) is 32.4 Å². The molecule has 25 heteroatoms. The van der Waals surface area contributed by atoms with Crippen LogP contribution in [0.3, 0.4) is 0 Å². The van der Waals surface area contributed by atoms with Crippen LogP contribution in [0.4, 0.5) is 4.79 Å². The first-order chi connectivity index (χ1) is 45.8. The van der Waals surface area contributed by atoms with E-state index in [4.69, 9.17) is 33.2 Å². The number of allylic oxidation sites excluding steroid dienone is 4. The molecule has 3 saturated heterocycles. The largest absolute Gasteiger partial charge is 0.462 e. The third kappa shape index (κ3) is 37.9. The summed E-state index contributed by atoms with van der Waals surface area (Å²) in [5.74, 6) is -0.755. The Labute approximate surface area is 568 Å². The molecule has 3 rings (SSSR count). The summed E-state index contributed by atoms with van der Waals surface area (Å²) in [5.41, 5.74) is 0. The van der Waals surface area contributed by atoms with Gasteiger partial charge in [0, 0.05) is 25.9 Å². The lowest BCUT2D eigenvalue weighted by Gasteiger charge is -2.50.